The zero-order chi connectivity index (χ0) is 15.4. The third-order valence-corrected chi connectivity index (χ3v) is 3.92. The highest BCUT2D eigenvalue weighted by Gasteiger charge is 2.18. The number of amides is 1. The second-order valence-corrected chi connectivity index (χ2v) is 5.44. The minimum absolute atomic E-state index is 0.0666. The van der Waals surface area contributed by atoms with Crippen LogP contribution in [0.2, 0.25) is 0 Å². The van der Waals surface area contributed by atoms with Crippen molar-refractivity contribution in [3.05, 3.63) is 59.7 Å². The second kappa shape index (κ2) is 6.62. The molecule has 3 rings (SSSR count). The largest absolute Gasteiger partial charge is 0.375 e. The second-order valence-electron chi connectivity index (χ2n) is 5.44. The quantitative estimate of drug-likeness (QED) is 0.943. The number of carbonyl (C=O) groups is 1. The summed E-state index contributed by atoms with van der Waals surface area (Å²) in [6, 6.07) is 16.5. The summed E-state index contributed by atoms with van der Waals surface area (Å²) in [5.41, 5.74) is 4.66. The number of rotatable bonds is 4. The Morgan fingerprint density at radius 2 is 1.86 bits per heavy atom. The molecular formula is C18H20N2O2. The lowest BCUT2D eigenvalue weighted by atomic mass is 9.99. The zero-order valence-electron chi connectivity index (χ0n) is 12.7. The molecule has 1 N–H and O–H groups in total. The number of nitrogens with one attached hydrogen (secondary N) is 1. The third-order valence-electron chi connectivity index (χ3n) is 3.92. The molecule has 114 valence electrons. The van der Waals surface area contributed by atoms with Gasteiger partial charge in [-0.3, -0.25) is 4.79 Å². The number of ether oxygens (including phenoxy) is 1. The summed E-state index contributed by atoms with van der Waals surface area (Å²) in [5, 5.41) is 2.93. The summed E-state index contributed by atoms with van der Waals surface area (Å²) in [4.78, 5) is 14.1. The van der Waals surface area contributed by atoms with E-state index in [2.05, 4.69) is 40.5 Å². The number of anilines is 2. The lowest BCUT2D eigenvalue weighted by Crippen LogP contribution is -2.31. The molecule has 1 aliphatic rings. The van der Waals surface area contributed by atoms with E-state index in [0.717, 1.165) is 30.9 Å². The summed E-state index contributed by atoms with van der Waals surface area (Å²) < 4.78 is 4.88. The first-order chi connectivity index (χ1) is 10.8. The number of carbonyl (C=O) groups excluding carboxylic acids is 1. The molecule has 2 aromatic carbocycles. The van der Waals surface area contributed by atoms with Gasteiger partial charge in [0.2, 0.25) is 5.91 Å². The Morgan fingerprint density at radius 3 is 2.68 bits per heavy atom. The molecule has 0 saturated carbocycles. The van der Waals surface area contributed by atoms with E-state index in [-0.39, 0.29) is 12.5 Å². The summed E-state index contributed by atoms with van der Waals surface area (Å²) >= 11 is 0. The molecule has 4 heteroatoms. The number of hydrogen-bond donors (Lipinski definition) is 1. The highest BCUT2D eigenvalue weighted by Crippen LogP contribution is 2.30. The molecule has 1 aliphatic heterocycles. The highest BCUT2D eigenvalue weighted by atomic mass is 16.5. The van der Waals surface area contributed by atoms with Crippen molar-refractivity contribution < 1.29 is 9.53 Å². The Hall–Kier alpha value is -2.33. The molecule has 2 aromatic rings. The molecule has 0 radical (unpaired) electrons. The first kappa shape index (κ1) is 14.6. The predicted molar refractivity (Wildman–Crippen MR) is 88.1 cm³/mol. The van der Waals surface area contributed by atoms with Gasteiger partial charge in [0.1, 0.15) is 6.61 Å². The van der Waals surface area contributed by atoms with E-state index in [1.165, 1.54) is 18.2 Å². The van der Waals surface area contributed by atoms with Crippen LogP contribution in [-0.2, 0) is 22.5 Å². The van der Waals surface area contributed by atoms with Gasteiger partial charge in [-0.1, -0.05) is 36.4 Å². The molecule has 0 aromatic heterocycles. The Bertz CT molecular complexity index is 670. The van der Waals surface area contributed by atoms with Gasteiger partial charge in [0, 0.05) is 20.2 Å². The average molecular weight is 296 g/mol. The van der Waals surface area contributed by atoms with E-state index in [1.54, 1.807) is 0 Å². The Labute approximate surface area is 130 Å². The van der Waals surface area contributed by atoms with Crippen molar-refractivity contribution in [2.45, 2.75) is 13.0 Å². The predicted octanol–water partition coefficient (Wildman–Crippen LogP) is 2.83. The van der Waals surface area contributed by atoms with Crippen LogP contribution < -0.4 is 10.2 Å². The molecule has 0 fully saturated rings. The number of nitrogens with zero attached hydrogens (tertiary/aromatic N) is 1. The van der Waals surface area contributed by atoms with Crippen LogP contribution in [0.1, 0.15) is 11.1 Å². The number of methoxy groups -OCH3 is 1. The van der Waals surface area contributed by atoms with Crippen molar-refractivity contribution >= 4 is 17.3 Å². The Morgan fingerprint density at radius 1 is 1.14 bits per heavy atom. The molecule has 0 bridgehead atoms. The maximum atomic E-state index is 11.8. The van der Waals surface area contributed by atoms with Crippen molar-refractivity contribution in [2.75, 3.05) is 30.5 Å². The van der Waals surface area contributed by atoms with E-state index in [9.17, 15) is 4.79 Å². The first-order valence-electron chi connectivity index (χ1n) is 7.47. The smallest absolute Gasteiger partial charge is 0.250 e. The van der Waals surface area contributed by atoms with Gasteiger partial charge in [-0.05, 0) is 29.7 Å². The van der Waals surface area contributed by atoms with Gasteiger partial charge in [0.05, 0.1) is 11.4 Å². The van der Waals surface area contributed by atoms with Crippen LogP contribution in [0.5, 0.6) is 0 Å². The van der Waals surface area contributed by atoms with Crippen LogP contribution in [0.25, 0.3) is 0 Å². The minimum atomic E-state index is -0.132. The fraction of sp³-hybridized carbons (Fsp3) is 0.278. The van der Waals surface area contributed by atoms with Crippen LogP contribution in [0.3, 0.4) is 0 Å². The lowest BCUT2D eigenvalue weighted by molar-refractivity contribution is -0.119. The van der Waals surface area contributed by atoms with Crippen molar-refractivity contribution in [3.63, 3.8) is 0 Å². The van der Waals surface area contributed by atoms with Gasteiger partial charge in [-0.15, -0.1) is 0 Å². The molecule has 0 spiro atoms. The maximum absolute atomic E-state index is 11.8. The zero-order valence-corrected chi connectivity index (χ0v) is 12.7. The van der Waals surface area contributed by atoms with Crippen LogP contribution in [0, 0.1) is 0 Å². The van der Waals surface area contributed by atoms with Crippen LogP contribution in [0.4, 0.5) is 11.4 Å². The van der Waals surface area contributed by atoms with Gasteiger partial charge in [-0.2, -0.15) is 0 Å². The highest BCUT2D eigenvalue weighted by molar-refractivity contribution is 5.95. The SMILES string of the molecule is COCC(=O)Nc1ccccc1N1CCc2ccccc2C1. The maximum Gasteiger partial charge on any atom is 0.250 e. The molecule has 0 aliphatic carbocycles. The van der Waals surface area contributed by atoms with Crippen LogP contribution in [0.15, 0.2) is 48.5 Å². The van der Waals surface area contributed by atoms with Crippen LogP contribution in [-0.4, -0.2) is 26.2 Å². The monoisotopic (exact) mass is 296 g/mol. The number of hydrogen-bond acceptors (Lipinski definition) is 3. The fourth-order valence-corrected chi connectivity index (χ4v) is 2.87. The normalized spacial score (nSPS) is 13.6. The van der Waals surface area contributed by atoms with Crippen molar-refractivity contribution in [2.24, 2.45) is 0 Å². The van der Waals surface area contributed by atoms with E-state index in [1.807, 2.05) is 18.2 Å². The molecule has 0 atom stereocenters. The summed E-state index contributed by atoms with van der Waals surface area (Å²) in [6.07, 6.45) is 1.02. The van der Waals surface area contributed by atoms with Gasteiger partial charge >= 0.3 is 0 Å². The summed E-state index contributed by atoms with van der Waals surface area (Å²) in [7, 11) is 1.52. The third kappa shape index (κ3) is 3.12. The Kier molecular flexibility index (Phi) is 4.39. The molecular weight excluding hydrogens is 276 g/mol. The van der Waals surface area contributed by atoms with Crippen LogP contribution >= 0.6 is 0 Å². The van der Waals surface area contributed by atoms with Gasteiger partial charge < -0.3 is 15.0 Å². The number of fused-ring (bicyclic) bond motifs is 1. The molecule has 0 unspecified atom stereocenters. The van der Waals surface area contributed by atoms with E-state index >= 15 is 0 Å². The van der Waals surface area contributed by atoms with E-state index in [4.69, 9.17) is 4.74 Å². The standard InChI is InChI=1S/C18H20N2O2/c1-22-13-18(21)19-16-8-4-5-9-17(16)20-11-10-14-6-2-3-7-15(14)12-20/h2-9H,10-13H2,1H3,(H,19,21). The topological polar surface area (TPSA) is 41.6 Å². The summed E-state index contributed by atoms with van der Waals surface area (Å²) in [6.45, 7) is 1.89. The van der Waals surface area contributed by atoms with Crippen molar-refractivity contribution in [3.8, 4) is 0 Å². The molecule has 1 heterocycles. The fourth-order valence-electron chi connectivity index (χ4n) is 2.87. The number of benzene rings is 2. The minimum Gasteiger partial charge on any atom is -0.375 e. The Balaban J connectivity index is 1.82. The van der Waals surface area contributed by atoms with E-state index in [0.29, 0.717) is 0 Å². The molecule has 22 heavy (non-hydrogen) atoms. The van der Waals surface area contributed by atoms with Gasteiger partial charge in [-0.25, -0.2) is 0 Å². The van der Waals surface area contributed by atoms with Gasteiger partial charge in [0.15, 0.2) is 0 Å². The lowest BCUT2D eigenvalue weighted by Gasteiger charge is -2.32. The number of para-hydroxylation sites is 2. The molecule has 0 saturated heterocycles. The van der Waals surface area contributed by atoms with Crippen molar-refractivity contribution in [1.29, 1.82) is 0 Å². The molecule has 1 amide bonds. The van der Waals surface area contributed by atoms with Gasteiger partial charge in [0.25, 0.3) is 0 Å². The van der Waals surface area contributed by atoms with Crippen molar-refractivity contribution in [1.82, 2.24) is 0 Å². The van der Waals surface area contributed by atoms with E-state index < -0.39 is 0 Å². The molecule has 4 nitrogen and oxygen atoms in total. The first-order valence-corrected chi connectivity index (χ1v) is 7.47. The summed E-state index contributed by atoms with van der Waals surface area (Å²) in [5.74, 6) is -0.132. The average Bonchev–Trinajstić information content (AvgIpc) is 2.55.